The molecule has 2 aliphatic rings. The highest BCUT2D eigenvalue weighted by Gasteiger charge is 2.36. The summed E-state index contributed by atoms with van der Waals surface area (Å²) >= 11 is 6.37. The number of nitrogens with zero attached hydrogens (tertiary/aromatic N) is 5. The van der Waals surface area contributed by atoms with Crippen LogP contribution in [0.5, 0.6) is 0 Å². The van der Waals surface area contributed by atoms with E-state index in [9.17, 15) is 14.9 Å². The fourth-order valence-corrected chi connectivity index (χ4v) is 3.52. The number of aliphatic imine (C=N–C) groups is 2. The van der Waals surface area contributed by atoms with E-state index in [1.54, 1.807) is 49.5 Å². The molecule has 0 unspecified atom stereocenters. The molecule has 0 fully saturated rings. The van der Waals surface area contributed by atoms with Crippen LogP contribution >= 0.6 is 11.6 Å². The first kappa shape index (κ1) is 18.8. The van der Waals surface area contributed by atoms with Gasteiger partial charge in [0, 0.05) is 48.6 Å². The molecule has 2 aromatic rings. The van der Waals surface area contributed by atoms with Gasteiger partial charge in [-0.15, -0.1) is 0 Å². The number of anilines is 1. The lowest BCUT2D eigenvalue weighted by Gasteiger charge is -2.19. The molecule has 0 atom stereocenters. The molecular weight excluding hydrogens is 394 g/mol. The van der Waals surface area contributed by atoms with Crippen LogP contribution < -0.4 is 4.90 Å². The molecule has 8 nitrogen and oxygen atoms in total. The number of rotatable bonds is 3. The summed E-state index contributed by atoms with van der Waals surface area (Å²) in [6, 6.07) is 11.5. The van der Waals surface area contributed by atoms with Crippen LogP contribution in [0.25, 0.3) is 0 Å². The van der Waals surface area contributed by atoms with Gasteiger partial charge in [-0.05, 0) is 12.1 Å². The Morgan fingerprint density at radius 2 is 1.97 bits per heavy atom. The summed E-state index contributed by atoms with van der Waals surface area (Å²) in [5.41, 5.74) is 2.24. The highest BCUT2D eigenvalue weighted by Crippen LogP contribution is 2.35. The van der Waals surface area contributed by atoms with Crippen LogP contribution in [-0.4, -0.2) is 47.9 Å². The van der Waals surface area contributed by atoms with Gasteiger partial charge in [-0.1, -0.05) is 29.8 Å². The van der Waals surface area contributed by atoms with Crippen molar-refractivity contribution in [1.29, 1.82) is 0 Å². The Morgan fingerprint density at radius 3 is 2.66 bits per heavy atom. The van der Waals surface area contributed by atoms with E-state index < -0.39 is 4.92 Å². The molecule has 0 spiro atoms. The van der Waals surface area contributed by atoms with Crippen molar-refractivity contribution in [3.8, 4) is 0 Å². The summed E-state index contributed by atoms with van der Waals surface area (Å²) in [4.78, 5) is 36.2. The van der Waals surface area contributed by atoms with Crippen molar-refractivity contribution in [1.82, 2.24) is 4.90 Å². The number of nitro benzene ring substituents is 1. The van der Waals surface area contributed by atoms with Crippen LogP contribution in [0.15, 0.2) is 64.3 Å². The van der Waals surface area contributed by atoms with Crippen LogP contribution in [-0.2, 0) is 4.79 Å². The van der Waals surface area contributed by atoms with Crippen molar-refractivity contribution in [2.75, 3.05) is 25.5 Å². The maximum atomic E-state index is 13.0. The predicted molar refractivity (Wildman–Crippen MR) is 112 cm³/mol. The molecule has 2 heterocycles. The Hall–Kier alpha value is -3.52. The van der Waals surface area contributed by atoms with E-state index in [1.165, 1.54) is 17.0 Å². The lowest BCUT2D eigenvalue weighted by molar-refractivity contribution is -0.384. The van der Waals surface area contributed by atoms with Gasteiger partial charge in [0.2, 0.25) is 0 Å². The fourth-order valence-electron chi connectivity index (χ4n) is 3.29. The zero-order chi connectivity index (χ0) is 20.7. The Kier molecular flexibility index (Phi) is 4.63. The van der Waals surface area contributed by atoms with E-state index in [4.69, 9.17) is 11.6 Å². The lowest BCUT2D eigenvalue weighted by Crippen LogP contribution is -2.33. The molecule has 4 rings (SSSR count). The first-order valence-corrected chi connectivity index (χ1v) is 9.13. The number of benzene rings is 2. The molecule has 2 aliphatic heterocycles. The average molecular weight is 410 g/mol. The minimum absolute atomic E-state index is 0.0976. The zero-order valence-corrected chi connectivity index (χ0v) is 16.4. The minimum Gasteiger partial charge on any atom is -0.382 e. The number of halogens is 1. The number of amidine groups is 1. The first-order chi connectivity index (χ1) is 13.9. The van der Waals surface area contributed by atoms with Crippen molar-refractivity contribution >= 4 is 40.4 Å². The molecule has 0 bridgehead atoms. The molecule has 29 heavy (non-hydrogen) atoms. The second-order valence-electron chi connectivity index (χ2n) is 6.75. The third-order valence-electron chi connectivity index (χ3n) is 4.50. The maximum absolute atomic E-state index is 13.0. The SMILES string of the molecule is CN(C)/C=C1/N=C2CN=C(c3ccccc3Cl)c3cc([N+](=O)[O-])ccc3N2C1=O. The smallest absolute Gasteiger partial charge is 0.284 e. The van der Waals surface area contributed by atoms with Crippen molar-refractivity contribution in [3.05, 3.63) is 80.6 Å². The molecule has 2 aromatic carbocycles. The van der Waals surface area contributed by atoms with E-state index in [2.05, 4.69) is 9.98 Å². The first-order valence-electron chi connectivity index (χ1n) is 8.75. The van der Waals surface area contributed by atoms with Crippen LogP contribution in [0.2, 0.25) is 5.02 Å². The van der Waals surface area contributed by atoms with E-state index in [0.29, 0.717) is 33.4 Å². The molecule has 0 N–H and O–H groups in total. The van der Waals surface area contributed by atoms with Gasteiger partial charge in [0.1, 0.15) is 11.5 Å². The number of hydrogen-bond acceptors (Lipinski definition) is 6. The fraction of sp³-hybridized carbons (Fsp3) is 0.150. The summed E-state index contributed by atoms with van der Waals surface area (Å²) < 4.78 is 0. The van der Waals surface area contributed by atoms with E-state index >= 15 is 0 Å². The Bertz CT molecular complexity index is 1140. The summed E-state index contributed by atoms with van der Waals surface area (Å²) in [5.74, 6) is 0.152. The van der Waals surface area contributed by atoms with Crippen molar-refractivity contribution in [2.24, 2.45) is 9.98 Å². The molecule has 9 heteroatoms. The van der Waals surface area contributed by atoms with Gasteiger partial charge in [0.05, 0.1) is 22.9 Å². The molecule has 0 aromatic heterocycles. The van der Waals surface area contributed by atoms with Crippen LogP contribution in [0.3, 0.4) is 0 Å². The largest absolute Gasteiger partial charge is 0.382 e. The number of nitro groups is 1. The Labute approximate surface area is 171 Å². The molecule has 1 amide bonds. The number of amides is 1. The average Bonchev–Trinajstić information content (AvgIpc) is 2.88. The zero-order valence-electron chi connectivity index (χ0n) is 15.7. The lowest BCUT2D eigenvalue weighted by atomic mass is 9.99. The molecule has 0 aliphatic carbocycles. The molecule has 0 saturated heterocycles. The Balaban J connectivity index is 1.95. The number of carbonyl (C=O) groups excluding carboxylic acids is 1. The third kappa shape index (κ3) is 3.27. The summed E-state index contributed by atoms with van der Waals surface area (Å²) in [7, 11) is 3.60. The maximum Gasteiger partial charge on any atom is 0.284 e. The summed E-state index contributed by atoms with van der Waals surface area (Å²) in [5, 5.41) is 11.8. The monoisotopic (exact) mass is 409 g/mol. The van der Waals surface area contributed by atoms with Crippen LogP contribution in [0.4, 0.5) is 11.4 Å². The normalized spacial score (nSPS) is 16.7. The summed E-state index contributed by atoms with van der Waals surface area (Å²) in [6.07, 6.45) is 1.63. The molecule has 0 saturated carbocycles. The quantitative estimate of drug-likeness (QED) is 0.442. The number of non-ortho nitro benzene ring substituents is 1. The topological polar surface area (TPSA) is 91.4 Å². The molecule has 0 radical (unpaired) electrons. The second-order valence-corrected chi connectivity index (χ2v) is 7.16. The van der Waals surface area contributed by atoms with E-state index in [0.717, 1.165) is 0 Å². The standard InChI is InChI=1S/C20H16ClN5O3/c1-24(2)11-16-20(27)25-17-8-7-12(26(28)29)9-14(17)19(22-10-18(25)23-16)13-5-3-4-6-15(13)21/h3-9,11H,10H2,1-2H3/b16-11+. The van der Waals surface area contributed by atoms with Crippen molar-refractivity contribution in [2.45, 2.75) is 0 Å². The third-order valence-corrected chi connectivity index (χ3v) is 4.83. The molecular formula is C20H16ClN5O3. The van der Waals surface area contributed by atoms with Gasteiger partial charge in [-0.25, -0.2) is 4.99 Å². The van der Waals surface area contributed by atoms with Gasteiger partial charge >= 0.3 is 0 Å². The highest BCUT2D eigenvalue weighted by atomic mass is 35.5. The van der Waals surface area contributed by atoms with E-state index in [1.807, 2.05) is 6.07 Å². The van der Waals surface area contributed by atoms with Gasteiger partial charge < -0.3 is 4.90 Å². The molecule has 146 valence electrons. The van der Waals surface area contributed by atoms with Crippen molar-refractivity contribution < 1.29 is 9.72 Å². The second kappa shape index (κ2) is 7.14. The van der Waals surface area contributed by atoms with Crippen LogP contribution in [0, 0.1) is 10.1 Å². The highest BCUT2D eigenvalue weighted by molar-refractivity contribution is 6.37. The van der Waals surface area contributed by atoms with Gasteiger partial charge in [0.15, 0.2) is 0 Å². The van der Waals surface area contributed by atoms with Gasteiger partial charge in [-0.3, -0.25) is 24.8 Å². The minimum atomic E-state index is -0.479. The van der Waals surface area contributed by atoms with Gasteiger partial charge in [0.25, 0.3) is 11.6 Å². The summed E-state index contributed by atoms with van der Waals surface area (Å²) in [6.45, 7) is 0.138. The Morgan fingerprint density at radius 1 is 1.21 bits per heavy atom. The number of hydrogen-bond donors (Lipinski definition) is 0. The van der Waals surface area contributed by atoms with Crippen LogP contribution in [0.1, 0.15) is 11.1 Å². The van der Waals surface area contributed by atoms with Gasteiger partial charge in [-0.2, -0.15) is 0 Å². The van der Waals surface area contributed by atoms with Crippen molar-refractivity contribution in [3.63, 3.8) is 0 Å². The predicted octanol–water partition coefficient (Wildman–Crippen LogP) is 3.25. The number of fused-ring (bicyclic) bond motifs is 3. The van der Waals surface area contributed by atoms with E-state index in [-0.39, 0.29) is 23.8 Å². The number of carbonyl (C=O) groups is 1.